The van der Waals surface area contributed by atoms with Crippen LogP contribution in [0.2, 0.25) is 5.02 Å². The Hall–Kier alpha value is -2.12. The standard InChI is InChI=1S/C17H20ClN3O4/c1-3-20-16(23)13-5-4-12(18)10-14(13)21(17(20)24)11(2)15(22)19-6-8-25-9-7-19/h4-5,10-11H,3,6-9H2,1-2H3. The van der Waals surface area contributed by atoms with Crippen LogP contribution in [-0.2, 0) is 16.1 Å². The quantitative estimate of drug-likeness (QED) is 0.820. The molecule has 0 N–H and O–H groups in total. The van der Waals surface area contributed by atoms with Gasteiger partial charge in [0.1, 0.15) is 6.04 Å². The lowest BCUT2D eigenvalue weighted by Gasteiger charge is -2.30. The summed E-state index contributed by atoms with van der Waals surface area (Å²) in [4.78, 5) is 39.9. The first-order valence-electron chi connectivity index (χ1n) is 8.26. The van der Waals surface area contributed by atoms with E-state index in [-0.39, 0.29) is 18.0 Å². The first kappa shape index (κ1) is 17.7. The third-order valence-corrected chi connectivity index (χ3v) is 4.75. The summed E-state index contributed by atoms with van der Waals surface area (Å²) in [6, 6.07) is 4.01. The summed E-state index contributed by atoms with van der Waals surface area (Å²) in [6.45, 7) is 5.57. The van der Waals surface area contributed by atoms with Gasteiger partial charge in [-0.15, -0.1) is 0 Å². The number of benzene rings is 1. The van der Waals surface area contributed by atoms with Crippen molar-refractivity contribution in [3.8, 4) is 0 Å². The fourth-order valence-electron chi connectivity index (χ4n) is 3.16. The molecule has 7 nitrogen and oxygen atoms in total. The Bertz CT molecular complexity index is 928. The lowest BCUT2D eigenvalue weighted by atomic mass is 10.2. The summed E-state index contributed by atoms with van der Waals surface area (Å²) in [5.41, 5.74) is -0.501. The average molecular weight is 366 g/mol. The predicted molar refractivity (Wildman–Crippen MR) is 95.3 cm³/mol. The van der Waals surface area contributed by atoms with Gasteiger partial charge in [-0.3, -0.25) is 18.7 Å². The van der Waals surface area contributed by atoms with Gasteiger partial charge in [0.25, 0.3) is 5.56 Å². The predicted octanol–water partition coefficient (Wildman–Crippen LogP) is 1.26. The van der Waals surface area contributed by atoms with E-state index in [1.54, 1.807) is 36.9 Å². The van der Waals surface area contributed by atoms with Crippen molar-refractivity contribution < 1.29 is 9.53 Å². The largest absolute Gasteiger partial charge is 0.378 e. The number of fused-ring (bicyclic) bond motifs is 1. The minimum atomic E-state index is -0.745. The maximum Gasteiger partial charge on any atom is 0.332 e. The van der Waals surface area contributed by atoms with E-state index in [0.717, 1.165) is 4.57 Å². The fourth-order valence-corrected chi connectivity index (χ4v) is 3.33. The van der Waals surface area contributed by atoms with Gasteiger partial charge in [-0.05, 0) is 32.0 Å². The summed E-state index contributed by atoms with van der Waals surface area (Å²) < 4.78 is 7.78. The molecule has 0 saturated carbocycles. The van der Waals surface area contributed by atoms with E-state index < -0.39 is 11.7 Å². The highest BCUT2D eigenvalue weighted by Gasteiger charge is 2.27. The van der Waals surface area contributed by atoms with Crippen LogP contribution in [-0.4, -0.2) is 46.2 Å². The molecule has 1 aromatic carbocycles. The number of carbonyl (C=O) groups excluding carboxylic acids is 1. The molecule has 0 aliphatic carbocycles. The van der Waals surface area contributed by atoms with Gasteiger partial charge < -0.3 is 9.64 Å². The average Bonchev–Trinajstić information content (AvgIpc) is 2.62. The van der Waals surface area contributed by atoms with Crippen molar-refractivity contribution in [2.24, 2.45) is 0 Å². The first-order valence-corrected chi connectivity index (χ1v) is 8.64. The molecule has 25 heavy (non-hydrogen) atoms. The molecule has 0 spiro atoms. The zero-order valence-electron chi connectivity index (χ0n) is 14.2. The molecule has 1 unspecified atom stereocenters. The third-order valence-electron chi connectivity index (χ3n) is 4.52. The molecule has 1 atom stereocenters. The molecule has 134 valence electrons. The SMILES string of the molecule is CCn1c(=O)c2ccc(Cl)cc2n(C(C)C(=O)N2CCOCC2)c1=O. The van der Waals surface area contributed by atoms with Gasteiger partial charge in [0, 0.05) is 24.7 Å². The van der Waals surface area contributed by atoms with Crippen molar-refractivity contribution in [1.82, 2.24) is 14.0 Å². The number of hydrogen-bond donors (Lipinski definition) is 0. The second-order valence-corrected chi connectivity index (χ2v) is 6.41. The maximum atomic E-state index is 12.9. The van der Waals surface area contributed by atoms with E-state index in [0.29, 0.717) is 42.2 Å². The number of amides is 1. The van der Waals surface area contributed by atoms with E-state index in [1.165, 1.54) is 4.57 Å². The molecule has 1 saturated heterocycles. The highest BCUT2D eigenvalue weighted by molar-refractivity contribution is 6.31. The number of hydrogen-bond acceptors (Lipinski definition) is 4. The summed E-state index contributed by atoms with van der Waals surface area (Å²) >= 11 is 6.07. The Balaban J connectivity index is 2.20. The van der Waals surface area contributed by atoms with Crippen molar-refractivity contribution in [3.63, 3.8) is 0 Å². The van der Waals surface area contributed by atoms with E-state index >= 15 is 0 Å². The summed E-state index contributed by atoms with van der Waals surface area (Å²) in [7, 11) is 0. The molecule has 8 heteroatoms. The molecule has 1 fully saturated rings. The third kappa shape index (κ3) is 3.09. The van der Waals surface area contributed by atoms with Crippen LogP contribution in [0, 0.1) is 0 Å². The molecule has 2 aromatic rings. The number of rotatable bonds is 3. The van der Waals surface area contributed by atoms with E-state index in [9.17, 15) is 14.4 Å². The summed E-state index contributed by atoms with van der Waals surface area (Å²) in [6.07, 6.45) is 0. The molecule has 1 amide bonds. The highest BCUT2D eigenvalue weighted by atomic mass is 35.5. The maximum absolute atomic E-state index is 12.9. The lowest BCUT2D eigenvalue weighted by Crippen LogP contribution is -2.47. The van der Waals surface area contributed by atoms with Gasteiger partial charge in [-0.1, -0.05) is 11.6 Å². The molecule has 1 aliphatic heterocycles. The van der Waals surface area contributed by atoms with Crippen LogP contribution in [0.15, 0.2) is 27.8 Å². The van der Waals surface area contributed by atoms with Crippen LogP contribution in [0.3, 0.4) is 0 Å². The van der Waals surface area contributed by atoms with Gasteiger partial charge in [-0.25, -0.2) is 4.79 Å². The fraction of sp³-hybridized carbons (Fsp3) is 0.471. The molecular formula is C17H20ClN3O4. The van der Waals surface area contributed by atoms with Crippen LogP contribution in [0.5, 0.6) is 0 Å². The van der Waals surface area contributed by atoms with Crippen LogP contribution >= 0.6 is 11.6 Å². The highest BCUT2D eigenvalue weighted by Crippen LogP contribution is 2.20. The Morgan fingerprint density at radius 2 is 1.96 bits per heavy atom. The van der Waals surface area contributed by atoms with Crippen LogP contribution < -0.4 is 11.2 Å². The molecule has 0 radical (unpaired) electrons. The second-order valence-electron chi connectivity index (χ2n) is 5.98. The molecule has 2 heterocycles. The number of aromatic nitrogens is 2. The van der Waals surface area contributed by atoms with Gasteiger partial charge in [0.05, 0.1) is 24.1 Å². The Kier molecular flexibility index (Phi) is 4.96. The van der Waals surface area contributed by atoms with Gasteiger partial charge in [0.15, 0.2) is 0 Å². The van der Waals surface area contributed by atoms with Gasteiger partial charge in [-0.2, -0.15) is 0 Å². The number of ether oxygens (including phenoxy) is 1. The van der Waals surface area contributed by atoms with Gasteiger partial charge >= 0.3 is 5.69 Å². The van der Waals surface area contributed by atoms with Crippen LogP contribution in [0.25, 0.3) is 10.9 Å². The molecule has 1 aromatic heterocycles. The van der Waals surface area contributed by atoms with Crippen molar-refractivity contribution >= 4 is 28.4 Å². The molecule has 1 aliphatic rings. The van der Waals surface area contributed by atoms with E-state index in [4.69, 9.17) is 16.3 Å². The van der Waals surface area contributed by atoms with Crippen molar-refractivity contribution in [2.45, 2.75) is 26.4 Å². The number of carbonyl (C=O) groups is 1. The molecular weight excluding hydrogens is 346 g/mol. The number of nitrogens with zero attached hydrogens (tertiary/aromatic N) is 3. The minimum Gasteiger partial charge on any atom is -0.378 e. The zero-order chi connectivity index (χ0) is 18.1. The monoisotopic (exact) mass is 365 g/mol. The topological polar surface area (TPSA) is 73.5 Å². The van der Waals surface area contributed by atoms with Crippen molar-refractivity contribution in [1.29, 1.82) is 0 Å². The van der Waals surface area contributed by atoms with E-state index in [2.05, 4.69) is 0 Å². The van der Waals surface area contributed by atoms with Crippen LogP contribution in [0.4, 0.5) is 0 Å². The minimum absolute atomic E-state index is 0.173. The summed E-state index contributed by atoms with van der Waals surface area (Å²) in [5.74, 6) is -0.173. The summed E-state index contributed by atoms with van der Waals surface area (Å²) in [5, 5.41) is 0.771. The van der Waals surface area contributed by atoms with Gasteiger partial charge in [0.2, 0.25) is 5.91 Å². The second kappa shape index (κ2) is 7.01. The van der Waals surface area contributed by atoms with Crippen molar-refractivity contribution in [2.75, 3.05) is 26.3 Å². The number of morpholine rings is 1. The molecule has 3 rings (SSSR count). The lowest BCUT2D eigenvalue weighted by molar-refractivity contribution is -0.138. The van der Waals surface area contributed by atoms with Crippen LogP contribution in [0.1, 0.15) is 19.9 Å². The Morgan fingerprint density at radius 1 is 1.28 bits per heavy atom. The van der Waals surface area contributed by atoms with E-state index in [1.807, 2.05) is 0 Å². The Labute approximate surface area is 149 Å². The Morgan fingerprint density at radius 3 is 2.60 bits per heavy atom. The van der Waals surface area contributed by atoms with Crippen molar-refractivity contribution in [3.05, 3.63) is 44.1 Å². The molecule has 0 bridgehead atoms. The smallest absolute Gasteiger partial charge is 0.332 e. The zero-order valence-corrected chi connectivity index (χ0v) is 15.0. The first-order chi connectivity index (χ1) is 12.0. The normalized spacial score (nSPS) is 16.2. The number of halogens is 1.